The van der Waals surface area contributed by atoms with E-state index in [4.69, 9.17) is 4.74 Å². The van der Waals surface area contributed by atoms with Crippen LogP contribution in [0.25, 0.3) is 0 Å². The number of cyclic esters (lactones) is 1. The number of hydrogen-bond acceptors (Lipinski definition) is 2. The molecule has 1 rings (SSSR count). The van der Waals surface area contributed by atoms with Gasteiger partial charge in [-0.3, -0.25) is 4.79 Å². The molecule has 2 heteroatoms. The van der Waals surface area contributed by atoms with Crippen LogP contribution in [0.15, 0.2) is 11.1 Å². The van der Waals surface area contributed by atoms with Crippen LogP contribution in [0.3, 0.4) is 0 Å². The summed E-state index contributed by atoms with van der Waals surface area (Å²) in [6.45, 7) is 6.39. The maximum absolute atomic E-state index is 11.3. The number of carbonyl (C=O) groups excluding carboxylic acids is 1. The molecule has 0 bridgehead atoms. The van der Waals surface area contributed by atoms with Crippen LogP contribution in [0.1, 0.15) is 65.7 Å². The molecule has 0 saturated heterocycles. The van der Waals surface area contributed by atoms with Crippen molar-refractivity contribution in [3.8, 4) is 0 Å². The highest BCUT2D eigenvalue weighted by molar-refractivity contribution is 5.74. The van der Waals surface area contributed by atoms with Crippen molar-refractivity contribution in [2.45, 2.75) is 71.8 Å². The second-order valence-electron chi connectivity index (χ2n) is 4.68. The van der Waals surface area contributed by atoms with Crippen LogP contribution < -0.4 is 0 Å². The van der Waals surface area contributed by atoms with Gasteiger partial charge >= 0.3 is 5.97 Å². The first kappa shape index (κ1) is 13.3. The molecule has 2 nitrogen and oxygen atoms in total. The van der Waals surface area contributed by atoms with Gasteiger partial charge in [0, 0.05) is 0 Å². The van der Waals surface area contributed by atoms with Gasteiger partial charge in [0.15, 0.2) is 0 Å². The molecule has 0 aromatic heterocycles. The average Bonchev–Trinajstić information content (AvgIpc) is 2.26. The Morgan fingerprint density at radius 3 is 2.62 bits per heavy atom. The van der Waals surface area contributed by atoms with Gasteiger partial charge in [-0.25, -0.2) is 0 Å². The minimum Gasteiger partial charge on any atom is -0.458 e. The number of rotatable bonds is 6. The van der Waals surface area contributed by atoms with Crippen molar-refractivity contribution in [2.24, 2.45) is 0 Å². The summed E-state index contributed by atoms with van der Waals surface area (Å²) in [5.74, 6) is -0.0540. The van der Waals surface area contributed by atoms with E-state index >= 15 is 0 Å². The Kier molecular flexibility index (Phi) is 5.58. The van der Waals surface area contributed by atoms with Gasteiger partial charge in [0.05, 0.1) is 6.42 Å². The van der Waals surface area contributed by atoms with E-state index in [0.717, 1.165) is 12.8 Å². The lowest BCUT2D eigenvalue weighted by molar-refractivity contribution is -0.148. The standard InChI is InChI=1S/C14H24O2/c1-4-6-7-8-9-12-11(3)10-14(15)16-13(12)5-2/h13H,4-10H2,1-3H3. The summed E-state index contributed by atoms with van der Waals surface area (Å²) >= 11 is 0. The van der Waals surface area contributed by atoms with Crippen molar-refractivity contribution in [2.75, 3.05) is 0 Å². The first-order valence-corrected chi connectivity index (χ1v) is 6.57. The molecule has 1 unspecified atom stereocenters. The molecule has 0 spiro atoms. The molecule has 1 aliphatic rings. The molecule has 0 fully saturated rings. The molecule has 0 radical (unpaired) electrons. The van der Waals surface area contributed by atoms with Gasteiger partial charge in [0.2, 0.25) is 0 Å². The summed E-state index contributed by atoms with van der Waals surface area (Å²) in [5, 5.41) is 0. The highest BCUT2D eigenvalue weighted by atomic mass is 16.5. The molecule has 92 valence electrons. The second kappa shape index (κ2) is 6.72. The number of hydrogen-bond donors (Lipinski definition) is 0. The summed E-state index contributed by atoms with van der Waals surface area (Å²) in [4.78, 5) is 11.3. The predicted molar refractivity (Wildman–Crippen MR) is 66.2 cm³/mol. The minimum atomic E-state index is -0.0540. The maximum Gasteiger partial charge on any atom is 0.310 e. The second-order valence-corrected chi connectivity index (χ2v) is 4.68. The molecule has 1 aliphatic heterocycles. The van der Waals surface area contributed by atoms with Crippen molar-refractivity contribution in [3.05, 3.63) is 11.1 Å². The first-order valence-electron chi connectivity index (χ1n) is 6.57. The quantitative estimate of drug-likeness (QED) is 0.387. The zero-order valence-corrected chi connectivity index (χ0v) is 10.8. The van der Waals surface area contributed by atoms with Crippen LogP contribution in [-0.2, 0) is 9.53 Å². The topological polar surface area (TPSA) is 26.3 Å². The van der Waals surface area contributed by atoms with Crippen LogP contribution in [0.2, 0.25) is 0 Å². The smallest absolute Gasteiger partial charge is 0.310 e. The largest absolute Gasteiger partial charge is 0.458 e. The van der Waals surface area contributed by atoms with E-state index in [1.165, 1.54) is 36.8 Å². The Hall–Kier alpha value is -0.790. The molecular formula is C14H24O2. The Bertz CT molecular complexity index is 266. The third kappa shape index (κ3) is 3.66. The van der Waals surface area contributed by atoms with Gasteiger partial charge in [-0.1, -0.05) is 38.7 Å². The molecule has 16 heavy (non-hydrogen) atoms. The lowest BCUT2D eigenvalue weighted by Gasteiger charge is -2.26. The third-order valence-electron chi connectivity index (χ3n) is 3.29. The van der Waals surface area contributed by atoms with Gasteiger partial charge in [-0.2, -0.15) is 0 Å². The van der Waals surface area contributed by atoms with Crippen molar-refractivity contribution < 1.29 is 9.53 Å². The van der Waals surface area contributed by atoms with E-state index in [0.29, 0.717) is 6.42 Å². The summed E-state index contributed by atoms with van der Waals surface area (Å²) in [6.07, 6.45) is 7.67. The van der Waals surface area contributed by atoms with Crippen LogP contribution in [0.5, 0.6) is 0 Å². The molecule has 0 aliphatic carbocycles. The van der Waals surface area contributed by atoms with Crippen molar-refractivity contribution in [1.29, 1.82) is 0 Å². The predicted octanol–water partition coefficient (Wildman–Crippen LogP) is 4.00. The highest BCUT2D eigenvalue weighted by Gasteiger charge is 2.24. The fraction of sp³-hybridized carbons (Fsp3) is 0.786. The van der Waals surface area contributed by atoms with E-state index in [1.54, 1.807) is 0 Å². The summed E-state index contributed by atoms with van der Waals surface area (Å²) in [5.41, 5.74) is 2.64. The van der Waals surface area contributed by atoms with Crippen molar-refractivity contribution in [3.63, 3.8) is 0 Å². The Morgan fingerprint density at radius 1 is 1.25 bits per heavy atom. The third-order valence-corrected chi connectivity index (χ3v) is 3.29. The lowest BCUT2D eigenvalue weighted by atomic mass is 9.92. The van der Waals surface area contributed by atoms with E-state index < -0.39 is 0 Å². The number of carbonyl (C=O) groups is 1. The van der Waals surface area contributed by atoms with Crippen LogP contribution in [0.4, 0.5) is 0 Å². The molecule has 0 saturated carbocycles. The molecule has 1 atom stereocenters. The number of esters is 1. The minimum absolute atomic E-state index is 0.0540. The molecule has 0 N–H and O–H groups in total. The van der Waals surface area contributed by atoms with E-state index in [2.05, 4.69) is 20.8 Å². The molecule has 0 aromatic rings. The highest BCUT2D eigenvalue weighted by Crippen LogP contribution is 2.28. The molecular weight excluding hydrogens is 200 g/mol. The van der Waals surface area contributed by atoms with Gasteiger partial charge in [-0.05, 0) is 31.8 Å². The van der Waals surface area contributed by atoms with Gasteiger partial charge < -0.3 is 4.74 Å². The lowest BCUT2D eigenvalue weighted by Crippen LogP contribution is -2.26. The zero-order valence-electron chi connectivity index (χ0n) is 10.8. The summed E-state index contributed by atoms with van der Waals surface area (Å²) in [6, 6.07) is 0. The van der Waals surface area contributed by atoms with Crippen LogP contribution >= 0.6 is 0 Å². The summed E-state index contributed by atoms with van der Waals surface area (Å²) < 4.78 is 5.38. The van der Waals surface area contributed by atoms with E-state index in [-0.39, 0.29) is 12.1 Å². The summed E-state index contributed by atoms with van der Waals surface area (Å²) in [7, 11) is 0. The molecule has 1 heterocycles. The fourth-order valence-electron chi connectivity index (χ4n) is 2.32. The maximum atomic E-state index is 11.3. The van der Waals surface area contributed by atoms with Crippen LogP contribution in [-0.4, -0.2) is 12.1 Å². The van der Waals surface area contributed by atoms with Crippen molar-refractivity contribution >= 4 is 5.97 Å². The molecule has 0 amide bonds. The number of unbranched alkanes of at least 4 members (excludes halogenated alkanes) is 3. The van der Waals surface area contributed by atoms with Gasteiger partial charge in [-0.15, -0.1) is 0 Å². The number of ether oxygens (including phenoxy) is 1. The Labute approximate surface area is 99.1 Å². The van der Waals surface area contributed by atoms with Gasteiger partial charge in [0.25, 0.3) is 0 Å². The van der Waals surface area contributed by atoms with E-state index in [1.807, 2.05) is 0 Å². The monoisotopic (exact) mass is 224 g/mol. The van der Waals surface area contributed by atoms with E-state index in [9.17, 15) is 4.79 Å². The Morgan fingerprint density at radius 2 is 2.00 bits per heavy atom. The average molecular weight is 224 g/mol. The first-order chi connectivity index (χ1) is 7.69. The normalized spacial score (nSPS) is 21.2. The van der Waals surface area contributed by atoms with Crippen LogP contribution in [0, 0.1) is 0 Å². The van der Waals surface area contributed by atoms with Gasteiger partial charge in [0.1, 0.15) is 6.10 Å². The fourth-order valence-corrected chi connectivity index (χ4v) is 2.32. The Balaban J connectivity index is 2.52. The SMILES string of the molecule is CCCCCCC1=C(C)CC(=O)OC1CC. The molecule has 0 aromatic carbocycles. The zero-order chi connectivity index (χ0) is 12.0. The van der Waals surface area contributed by atoms with Crippen molar-refractivity contribution in [1.82, 2.24) is 0 Å².